The van der Waals surface area contributed by atoms with Gasteiger partial charge < -0.3 is 5.11 Å². The monoisotopic (exact) mass is 287 g/mol. The lowest BCUT2D eigenvalue weighted by molar-refractivity contribution is 0.0363. The van der Waals surface area contributed by atoms with Crippen molar-refractivity contribution in [2.45, 2.75) is 32.4 Å². The van der Waals surface area contributed by atoms with Gasteiger partial charge >= 0.3 is 0 Å². The van der Waals surface area contributed by atoms with Gasteiger partial charge in [-0.1, -0.05) is 12.1 Å². The lowest BCUT2D eigenvalue weighted by Gasteiger charge is -2.42. The zero-order chi connectivity index (χ0) is 15.5. The summed E-state index contributed by atoms with van der Waals surface area (Å²) in [6.45, 7) is 11.5. The fourth-order valence-electron chi connectivity index (χ4n) is 2.73. The molecule has 1 atom stereocenters. The van der Waals surface area contributed by atoms with Gasteiger partial charge in [-0.3, -0.25) is 9.80 Å². The summed E-state index contributed by atoms with van der Waals surface area (Å²) in [4.78, 5) is 4.79. The van der Waals surface area contributed by atoms with E-state index in [4.69, 9.17) is 5.26 Å². The molecule has 0 aromatic heterocycles. The predicted molar refractivity (Wildman–Crippen MR) is 83.9 cm³/mol. The van der Waals surface area contributed by atoms with Gasteiger partial charge in [0.05, 0.1) is 17.7 Å². The van der Waals surface area contributed by atoms with Crippen molar-refractivity contribution in [3.05, 3.63) is 35.4 Å². The van der Waals surface area contributed by atoms with Crippen molar-refractivity contribution >= 4 is 0 Å². The summed E-state index contributed by atoms with van der Waals surface area (Å²) in [5.74, 6) is 0. The smallest absolute Gasteiger partial charge is 0.0991 e. The van der Waals surface area contributed by atoms with Gasteiger partial charge in [0.15, 0.2) is 0 Å². The molecule has 0 aliphatic carbocycles. The second-order valence-corrected chi connectivity index (χ2v) is 6.71. The van der Waals surface area contributed by atoms with Crippen LogP contribution < -0.4 is 0 Å². The van der Waals surface area contributed by atoms with E-state index in [2.05, 4.69) is 36.6 Å². The first-order valence-electron chi connectivity index (χ1n) is 7.55. The molecule has 114 valence electrons. The van der Waals surface area contributed by atoms with Crippen molar-refractivity contribution < 1.29 is 5.11 Å². The Hall–Kier alpha value is -1.41. The molecule has 1 aliphatic heterocycles. The molecule has 2 rings (SSSR count). The Morgan fingerprint density at radius 3 is 2.19 bits per heavy atom. The summed E-state index contributed by atoms with van der Waals surface area (Å²) in [7, 11) is 0. The van der Waals surface area contributed by atoms with Crippen molar-refractivity contribution in [3.8, 4) is 6.07 Å². The second kappa shape index (κ2) is 6.57. The van der Waals surface area contributed by atoms with Crippen LogP contribution in [0.25, 0.3) is 0 Å². The van der Waals surface area contributed by atoms with Gasteiger partial charge in [-0.05, 0) is 38.5 Å². The lowest BCUT2D eigenvalue weighted by atomic mass is 10.0. The third-order valence-electron chi connectivity index (χ3n) is 4.18. The van der Waals surface area contributed by atoms with Crippen molar-refractivity contribution in [2.24, 2.45) is 0 Å². The van der Waals surface area contributed by atoms with E-state index in [0.717, 1.165) is 31.7 Å². The molecule has 1 unspecified atom stereocenters. The molecule has 0 radical (unpaired) electrons. The number of rotatable bonds is 3. The first-order valence-corrected chi connectivity index (χ1v) is 7.55. The molecule has 1 heterocycles. The summed E-state index contributed by atoms with van der Waals surface area (Å²) in [6, 6.07) is 9.30. The predicted octanol–water partition coefficient (Wildman–Crippen LogP) is 2.01. The average molecular weight is 287 g/mol. The van der Waals surface area contributed by atoms with Gasteiger partial charge in [0.2, 0.25) is 0 Å². The molecule has 21 heavy (non-hydrogen) atoms. The maximum atomic E-state index is 10.3. The van der Waals surface area contributed by atoms with Crippen LogP contribution in [0.15, 0.2) is 24.3 Å². The highest BCUT2D eigenvalue weighted by atomic mass is 16.3. The van der Waals surface area contributed by atoms with E-state index in [1.54, 1.807) is 12.1 Å². The Balaban J connectivity index is 1.86. The van der Waals surface area contributed by atoms with Gasteiger partial charge in [0.1, 0.15) is 0 Å². The summed E-state index contributed by atoms with van der Waals surface area (Å²) in [5.41, 5.74) is 1.73. The molecule has 1 saturated heterocycles. The lowest BCUT2D eigenvalue weighted by Crippen LogP contribution is -2.53. The molecule has 1 aromatic rings. The van der Waals surface area contributed by atoms with E-state index in [9.17, 15) is 5.11 Å². The third kappa shape index (κ3) is 4.28. The maximum absolute atomic E-state index is 10.3. The van der Waals surface area contributed by atoms with Crippen molar-refractivity contribution in [1.82, 2.24) is 9.80 Å². The normalized spacial score (nSPS) is 19.2. The first kappa shape index (κ1) is 16.0. The van der Waals surface area contributed by atoms with Crippen LogP contribution in [-0.2, 0) is 0 Å². The van der Waals surface area contributed by atoms with Crippen molar-refractivity contribution in [1.29, 1.82) is 5.26 Å². The topological polar surface area (TPSA) is 50.5 Å². The highest BCUT2D eigenvalue weighted by molar-refractivity contribution is 5.32. The van der Waals surface area contributed by atoms with Gasteiger partial charge in [-0.2, -0.15) is 5.26 Å². The van der Waals surface area contributed by atoms with E-state index in [1.165, 1.54) is 0 Å². The minimum absolute atomic E-state index is 0.220. The van der Waals surface area contributed by atoms with E-state index in [0.29, 0.717) is 12.1 Å². The molecule has 4 heteroatoms. The fraction of sp³-hybridized carbons (Fsp3) is 0.588. The van der Waals surface area contributed by atoms with Crippen LogP contribution >= 0.6 is 0 Å². The maximum Gasteiger partial charge on any atom is 0.0991 e. The minimum Gasteiger partial charge on any atom is -0.387 e. The summed E-state index contributed by atoms with van der Waals surface area (Å²) in [5, 5.41) is 19.1. The Kier molecular flexibility index (Phi) is 5.00. The quantitative estimate of drug-likeness (QED) is 0.924. The molecule has 0 spiro atoms. The van der Waals surface area contributed by atoms with Crippen molar-refractivity contribution in [2.75, 3.05) is 32.7 Å². The van der Waals surface area contributed by atoms with Crippen LogP contribution in [0, 0.1) is 11.3 Å². The van der Waals surface area contributed by atoms with Crippen LogP contribution in [0.1, 0.15) is 38.0 Å². The standard InChI is InChI=1S/C17H25N3O/c1-17(2,3)20-10-8-19(9-11-20)13-16(21)15-6-4-14(12-18)5-7-15/h4-7,16,21H,8-11,13H2,1-3H3. The van der Waals surface area contributed by atoms with Gasteiger partial charge in [-0.15, -0.1) is 0 Å². The molecule has 1 aromatic carbocycles. The zero-order valence-corrected chi connectivity index (χ0v) is 13.2. The molecule has 1 N–H and O–H groups in total. The molecule has 4 nitrogen and oxygen atoms in total. The number of aliphatic hydroxyl groups excluding tert-OH is 1. The van der Waals surface area contributed by atoms with Crippen LogP contribution in [0.5, 0.6) is 0 Å². The molecule has 0 bridgehead atoms. The van der Waals surface area contributed by atoms with Crippen LogP contribution in [0.2, 0.25) is 0 Å². The fourth-order valence-corrected chi connectivity index (χ4v) is 2.73. The number of hydrogen-bond acceptors (Lipinski definition) is 4. The Bertz CT molecular complexity index is 490. The summed E-state index contributed by atoms with van der Waals surface area (Å²) >= 11 is 0. The van der Waals surface area contributed by atoms with Gasteiger partial charge in [-0.25, -0.2) is 0 Å². The number of β-amino-alcohol motifs (C(OH)–C–C–N with tert-alkyl or cyclic N) is 1. The minimum atomic E-state index is -0.487. The number of hydrogen-bond donors (Lipinski definition) is 1. The number of aliphatic hydroxyl groups is 1. The Morgan fingerprint density at radius 1 is 1.14 bits per heavy atom. The molecule has 0 amide bonds. The zero-order valence-electron chi connectivity index (χ0n) is 13.2. The summed E-state index contributed by atoms with van der Waals surface area (Å²) in [6.07, 6.45) is -0.487. The second-order valence-electron chi connectivity index (χ2n) is 6.71. The molecule has 1 aliphatic rings. The SMILES string of the molecule is CC(C)(C)N1CCN(CC(O)c2ccc(C#N)cc2)CC1. The van der Waals surface area contributed by atoms with Crippen LogP contribution in [0.3, 0.4) is 0 Å². The number of benzene rings is 1. The molecule has 1 fully saturated rings. The van der Waals surface area contributed by atoms with E-state index in [1.807, 2.05) is 12.1 Å². The highest BCUT2D eigenvalue weighted by Crippen LogP contribution is 2.19. The third-order valence-corrected chi connectivity index (χ3v) is 4.18. The first-order chi connectivity index (χ1) is 9.90. The van der Waals surface area contributed by atoms with Crippen LogP contribution in [-0.4, -0.2) is 53.2 Å². The average Bonchev–Trinajstić information content (AvgIpc) is 2.47. The van der Waals surface area contributed by atoms with E-state index >= 15 is 0 Å². The van der Waals surface area contributed by atoms with Gasteiger partial charge in [0.25, 0.3) is 0 Å². The number of piperazine rings is 1. The Labute approximate surface area is 127 Å². The molecular weight excluding hydrogens is 262 g/mol. The largest absolute Gasteiger partial charge is 0.387 e. The summed E-state index contributed by atoms with van der Waals surface area (Å²) < 4.78 is 0. The highest BCUT2D eigenvalue weighted by Gasteiger charge is 2.26. The number of nitriles is 1. The van der Waals surface area contributed by atoms with Gasteiger partial charge in [0, 0.05) is 38.3 Å². The van der Waals surface area contributed by atoms with E-state index in [-0.39, 0.29) is 5.54 Å². The molecule has 0 saturated carbocycles. The van der Waals surface area contributed by atoms with Crippen LogP contribution in [0.4, 0.5) is 0 Å². The number of nitrogens with zero attached hydrogens (tertiary/aromatic N) is 3. The van der Waals surface area contributed by atoms with Crippen molar-refractivity contribution in [3.63, 3.8) is 0 Å². The van der Waals surface area contributed by atoms with E-state index < -0.39 is 6.10 Å². The molecular formula is C17H25N3O. The Morgan fingerprint density at radius 2 is 1.71 bits per heavy atom.